The third-order valence-electron chi connectivity index (χ3n) is 3.58. The normalized spacial score (nSPS) is 17.9. The molecule has 3 N–H and O–H groups in total. The van der Waals surface area contributed by atoms with Crippen LogP contribution in [-0.4, -0.2) is 22.5 Å². The van der Waals surface area contributed by atoms with Gasteiger partial charge >= 0.3 is 0 Å². The molecule has 0 aromatic heterocycles. The lowest BCUT2D eigenvalue weighted by Crippen LogP contribution is -2.35. The number of guanidine groups is 1. The van der Waals surface area contributed by atoms with Crippen LogP contribution in [0.1, 0.15) is 17.2 Å². The fourth-order valence-corrected chi connectivity index (χ4v) is 2.57. The van der Waals surface area contributed by atoms with E-state index in [1.807, 2.05) is 35.2 Å². The van der Waals surface area contributed by atoms with Gasteiger partial charge in [0.15, 0.2) is 5.96 Å². The Morgan fingerprint density at radius 2 is 2.00 bits per heavy atom. The lowest BCUT2D eigenvalue weighted by molar-refractivity contribution is 0.338. The molecule has 1 aliphatic heterocycles. The van der Waals surface area contributed by atoms with Crippen molar-refractivity contribution in [2.24, 2.45) is 10.7 Å². The van der Waals surface area contributed by atoms with Crippen LogP contribution in [0.4, 0.5) is 4.39 Å². The van der Waals surface area contributed by atoms with E-state index in [-0.39, 0.29) is 11.8 Å². The summed E-state index contributed by atoms with van der Waals surface area (Å²) in [6.07, 6.45) is 0. The molecule has 0 amide bonds. The van der Waals surface area contributed by atoms with Gasteiger partial charge in [-0.25, -0.2) is 4.39 Å². The van der Waals surface area contributed by atoms with Gasteiger partial charge < -0.3 is 15.7 Å². The van der Waals surface area contributed by atoms with E-state index in [2.05, 4.69) is 4.99 Å². The first-order valence-electron chi connectivity index (χ1n) is 6.73. The van der Waals surface area contributed by atoms with Gasteiger partial charge in [0.2, 0.25) is 0 Å². The Balaban J connectivity index is 1.88. The van der Waals surface area contributed by atoms with E-state index >= 15 is 0 Å². The van der Waals surface area contributed by atoms with Gasteiger partial charge in [0.25, 0.3) is 0 Å². The van der Waals surface area contributed by atoms with Crippen LogP contribution in [0.15, 0.2) is 53.5 Å². The quantitative estimate of drug-likeness (QED) is 0.910. The molecule has 1 heterocycles. The molecule has 0 radical (unpaired) electrons. The number of hydrogen-bond acceptors (Lipinski definition) is 4. The van der Waals surface area contributed by atoms with Crippen LogP contribution in [0, 0.1) is 5.82 Å². The highest BCUT2D eigenvalue weighted by atomic mass is 19.1. The topological polar surface area (TPSA) is 61.9 Å². The van der Waals surface area contributed by atoms with Crippen molar-refractivity contribution in [3.8, 4) is 5.75 Å². The molecule has 2 aromatic carbocycles. The number of benzene rings is 2. The van der Waals surface area contributed by atoms with E-state index in [0.717, 1.165) is 11.6 Å². The first-order valence-corrected chi connectivity index (χ1v) is 6.73. The Kier molecular flexibility index (Phi) is 3.48. The second kappa shape index (κ2) is 5.44. The lowest BCUT2D eigenvalue weighted by Gasteiger charge is -2.26. The van der Waals surface area contributed by atoms with Crippen LogP contribution in [0.25, 0.3) is 0 Å². The lowest BCUT2D eigenvalue weighted by atomic mass is 10.0. The molecule has 108 valence electrons. The summed E-state index contributed by atoms with van der Waals surface area (Å²) in [6, 6.07) is 13.8. The predicted octanol–water partition coefficient (Wildman–Crippen LogP) is 2.40. The van der Waals surface area contributed by atoms with Gasteiger partial charge in [-0.1, -0.05) is 30.3 Å². The molecule has 0 spiro atoms. The molecule has 1 aliphatic rings. The zero-order chi connectivity index (χ0) is 14.8. The number of nitrogens with two attached hydrogens (primary N) is 1. The number of rotatable bonds is 3. The van der Waals surface area contributed by atoms with Crippen molar-refractivity contribution in [1.82, 2.24) is 4.90 Å². The zero-order valence-corrected chi connectivity index (χ0v) is 11.4. The van der Waals surface area contributed by atoms with Crippen LogP contribution in [0.5, 0.6) is 5.75 Å². The summed E-state index contributed by atoms with van der Waals surface area (Å²) < 4.78 is 13.5. The summed E-state index contributed by atoms with van der Waals surface area (Å²) in [5.74, 6) is -0.113. The van der Waals surface area contributed by atoms with E-state index in [1.165, 1.54) is 6.07 Å². The van der Waals surface area contributed by atoms with E-state index in [9.17, 15) is 9.50 Å². The Labute approximate surface area is 122 Å². The number of aromatic hydroxyl groups is 1. The van der Waals surface area contributed by atoms with Gasteiger partial charge in [-0.3, -0.25) is 4.99 Å². The molecular formula is C16H16FN3O. The van der Waals surface area contributed by atoms with E-state index in [0.29, 0.717) is 24.6 Å². The van der Waals surface area contributed by atoms with Crippen molar-refractivity contribution in [2.45, 2.75) is 12.6 Å². The molecule has 1 atom stereocenters. The van der Waals surface area contributed by atoms with Crippen LogP contribution in [0.3, 0.4) is 0 Å². The fraction of sp³-hybridized carbons (Fsp3) is 0.188. The molecule has 0 bridgehead atoms. The summed E-state index contributed by atoms with van der Waals surface area (Å²) in [5, 5.41) is 9.57. The zero-order valence-electron chi connectivity index (χ0n) is 11.4. The van der Waals surface area contributed by atoms with E-state index in [4.69, 9.17) is 5.73 Å². The van der Waals surface area contributed by atoms with Crippen molar-refractivity contribution < 1.29 is 9.50 Å². The highest BCUT2D eigenvalue weighted by Gasteiger charge is 2.28. The number of nitrogens with zero attached hydrogens (tertiary/aromatic N) is 2. The minimum absolute atomic E-state index is 0.0878. The largest absolute Gasteiger partial charge is 0.508 e. The maximum atomic E-state index is 13.5. The average Bonchev–Trinajstić information content (AvgIpc) is 2.80. The highest BCUT2D eigenvalue weighted by molar-refractivity contribution is 5.80. The van der Waals surface area contributed by atoms with E-state index < -0.39 is 5.82 Å². The summed E-state index contributed by atoms with van der Waals surface area (Å²) in [4.78, 5) is 6.17. The summed E-state index contributed by atoms with van der Waals surface area (Å²) in [5.41, 5.74) is 7.72. The third kappa shape index (κ3) is 2.81. The standard InChI is InChI=1S/C16H16FN3O/c17-13-6-12(7-14(21)8-13)15-9-19-16(18)20(15)10-11-4-2-1-3-5-11/h1-8,15,21H,9-10H2,(H2,18,19). The molecule has 0 saturated heterocycles. The molecule has 3 rings (SSSR count). The Bertz CT molecular complexity index is 652. The maximum absolute atomic E-state index is 13.5. The second-order valence-electron chi connectivity index (χ2n) is 5.07. The van der Waals surface area contributed by atoms with Crippen molar-refractivity contribution >= 4 is 5.96 Å². The Hall–Kier alpha value is -2.56. The van der Waals surface area contributed by atoms with Gasteiger partial charge in [0, 0.05) is 12.6 Å². The number of phenolic OH excluding ortho intramolecular Hbond substituents is 1. The van der Waals surface area contributed by atoms with Crippen molar-refractivity contribution in [1.29, 1.82) is 0 Å². The number of aliphatic imine (C=N–C) groups is 1. The van der Waals surface area contributed by atoms with Gasteiger partial charge in [-0.2, -0.15) is 0 Å². The number of halogens is 1. The van der Waals surface area contributed by atoms with Gasteiger partial charge in [0.1, 0.15) is 11.6 Å². The van der Waals surface area contributed by atoms with Gasteiger partial charge in [-0.15, -0.1) is 0 Å². The second-order valence-corrected chi connectivity index (χ2v) is 5.07. The molecule has 21 heavy (non-hydrogen) atoms. The Morgan fingerprint density at radius 1 is 1.24 bits per heavy atom. The van der Waals surface area contributed by atoms with Crippen molar-refractivity contribution in [3.63, 3.8) is 0 Å². The fourth-order valence-electron chi connectivity index (χ4n) is 2.57. The highest BCUT2D eigenvalue weighted by Crippen LogP contribution is 2.29. The predicted molar refractivity (Wildman–Crippen MR) is 79.3 cm³/mol. The first-order chi connectivity index (χ1) is 10.1. The monoisotopic (exact) mass is 285 g/mol. The van der Waals surface area contributed by atoms with Crippen molar-refractivity contribution in [2.75, 3.05) is 6.54 Å². The molecule has 1 unspecified atom stereocenters. The van der Waals surface area contributed by atoms with Gasteiger partial charge in [0.05, 0.1) is 12.6 Å². The number of phenols is 1. The molecule has 0 saturated carbocycles. The van der Waals surface area contributed by atoms with Crippen LogP contribution >= 0.6 is 0 Å². The smallest absolute Gasteiger partial charge is 0.192 e. The SMILES string of the molecule is NC1=NCC(c2cc(O)cc(F)c2)N1Cc1ccccc1. The van der Waals surface area contributed by atoms with Crippen LogP contribution < -0.4 is 5.73 Å². The molecule has 2 aromatic rings. The average molecular weight is 285 g/mol. The Morgan fingerprint density at radius 3 is 2.71 bits per heavy atom. The van der Waals surface area contributed by atoms with Crippen LogP contribution in [0.2, 0.25) is 0 Å². The number of hydrogen-bond donors (Lipinski definition) is 2. The van der Waals surface area contributed by atoms with Crippen molar-refractivity contribution in [3.05, 3.63) is 65.5 Å². The minimum Gasteiger partial charge on any atom is -0.508 e. The third-order valence-corrected chi connectivity index (χ3v) is 3.58. The minimum atomic E-state index is -0.463. The molecule has 0 fully saturated rings. The van der Waals surface area contributed by atoms with E-state index in [1.54, 1.807) is 6.07 Å². The molecule has 4 nitrogen and oxygen atoms in total. The first kappa shape index (κ1) is 13.4. The summed E-state index contributed by atoms with van der Waals surface area (Å²) >= 11 is 0. The maximum Gasteiger partial charge on any atom is 0.192 e. The molecule has 5 heteroatoms. The van der Waals surface area contributed by atoms with Crippen LogP contribution in [-0.2, 0) is 6.54 Å². The molecular weight excluding hydrogens is 269 g/mol. The van der Waals surface area contributed by atoms with Gasteiger partial charge in [-0.05, 0) is 23.3 Å². The molecule has 0 aliphatic carbocycles. The summed E-state index contributed by atoms with van der Waals surface area (Å²) in [7, 11) is 0. The summed E-state index contributed by atoms with van der Waals surface area (Å²) in [6.45, 7) is 1.06.